The van der Waals surface area contributed by atoms with Crippen molar-refractivity contribution in [2.24, 2.45) is 0 Å². The summed E-state index contributed by atoms with van der Waals surface area (Å²) >= 11 is 0. The lowest BCUT2D eigenvalue weighted by molar-refractivity contribution is -0.130. The molecule has 1 aromatic carbocycles. The fourth-order valence-corrected chi connectivity index (χ4v) is 1.63. The number of halogens is 1. The van der Waals surface area contributed by atoms with E-state index in [9.17, 15) is 9.18 Å². The molecule has 3 nitrogen and oxygen atoms in total. The van der Waals surface area contributed by atoms with E-state index in [1.165, 1.54) is 12.1 Å². The van der Waals surface area contributed by atoms with Crippen LogP contribution in [-0.4, -0.2) is 30.4 Å². The van der Waals surface area contributed by atoms with E-state index in [4.69, 9.17) is 0 Å². The molecule has 0 bridgehead atoms. The van der Waals surface area contributed by atoms with Crippen LogP contribution in [0.1, 0.15) is 12.5 Å². The maximum absolute atomic E-state index is 13.0. The molecule has 0 aromatic heterocycles. The van der Waals surface area contributed by atoms with Gasteiger partial charge in [0.05, 0.1) is 6.54 Å². The average molecular weight is 250 g/mol. The molecular weight excluding hydrogens is 231 g/mol. The van der Waals surface area contributed by atoms with E-state index in [-0.39, 0.29) is 18.3 Å². The maximum atomic E-state index is 13.0. The van der Waals surface area contributed by atoms with Crippen molar-refractivity contribution in [1.29, 1.82) is 0 Å². The third-order valence-corrected chi connectivity index (χ3v) is 2.56. The zero-order valence-electron chi connectivity index (χ0n) is 10.7. The Labute approximate surface area is 107 Å². The number of carbonyl (C=O) groups excluding carboxylic acids is 1. The van der Waals surface area contributed by atoms with Crippen LogP contribution in [0.4, 0.5) is 4.39 Å². The van der Waals surface area contributed by atoms with Gasteiger partial charge in [-0.25, -0.2) is 4.39 Å². The molecule has 98 valence electrons. The summed E-state index contributed by atoms with van der Waals surface area (Å²) in [5.41, 5.74) is 0.800. The smallest absolute Gasteiger partial charge is 0.236 e. The predicted molar refractivity (Wildman–Crippen MR) is 70.6 cm³/mol. The molecule has 0 saturated heterocycles. The minimum atomic E-state index is -0.277. The summed E-state index contributed by atoms with van der Waals surface area (Å²) in [6.07, 6.45) is 1.70. The van der Waals surface area contributed by atoms with E-state index in [1.54, 1.807) is 17.0 Å². The highest BCUT2D eigenvalue weighted by Crippen LogP contribution is 2.07. The molecule has 0 heterocycles. The monoisotopic (exact) mass is 250 g/mol. The maximum Gasteiger partial charge on any atom is 0.236 e. The first-order valence-electron chi connectivity index (χ1n) is 6.01. The van der Waals surface area contributed by atoms with E-state index in [2.05, 4.69) is 11.9 Å². The molecule has 0 spiro atoms. The van der Waals surface area contributed by atoms with Gasteiger partial charge in [0.25, 0.3) is 0 Å². The number of nitrogens with one attached hydrogen (secondary N) is 1. The van der Waals surface area contributed by atoms with Gasteiger partial charge in [-0.2, -0.15) is 0 Å². The molecule has 0 unspecified atom stereocenters. The normalized spacial score (nSPS) is 10.1. The van der Waals surface area contributed by atoms with Gasteiger partial charge in [-0.15, -0.1) is 6.58 Å². The topological polar surface area (TPSA) is 32.3 Å². The minimum Gasteiger partial charge on any atom is -0.338 e. The van der Waals surface area contributed by atoms with Crippen LogP contribution in [0.25, 0.3) is 0 Å². The third kappa shape index (κ3) is 4.67. The van der Waals surface area contributed by atoms with Gasteiger partial charge in [0.15, 0.2) is 0 Å². The van der Waals surface area contributed by atoms with E-state index in [1.807, 2.05) is 13.0 Å². The zero-order chi connectivity index (χ0) is 13.4. The van der Waals surface area contributed by atoms with Crippen LogP contribution >= 0.6 is 0 Å². The molecule has 0 saturated carbocycles. The quantitative estimate of drug-likeness (QED) is 0.592. The summed E-state index contributed by atoms with van der Waals surface area (Å²) in [6, 6.07) is 6.31. The molecule has 1 amide bonds. The Balaban J connectivity index is 2.55. The molecule has 0 fully saturated rings. The molecule has 0 radical (unpaired) electrons. The molecule has 0 aliphatic heterocycles. The van der Waals surface area contributed by atoms with Crippen molar-refractivity contribution in [2.45, 2.75) is 13.5 Å². The van der Waals surface area contributed by atoms with E-state index >= 15 is 0 Å². The Morgan fingerprint density at radius 1 is 1.56 bits per heavy atom. The fraction of sp³-hybridized carbons (Fsp3) is 0.357. The molecule has 0 aliphatic rings. The van der Waals surface area contributed by atoms with Crippen molar-refractivity contribution in [3.05, 3.63) is 48.3 Å². The summed E-state index contributed by atoms with van der Waals surface area (Å²) in [5, 5.41) is 2.96. The second-order valence-corrected chi connectivity index (χ2v) is 3.96. The van der Waals surface area contributed by atoms with Crippen LogP contribution in [0, 0.1) is 5.82 Å². The summed E-state index contributed by atoms with van der Waals surface area (Å²) in [7, 11) is 0. The Morgan fingerprint density at radius 2 is 2.33 bits per heavy atom. The second kappa shape index (κ2) is 7.61. The highest BCUT2D eigenvalue weighted by molar-refractivity contribution is 5.78. The van der Waals surface area contributed by atoms with Gasteiger partial charge in [-0.05, 0) is 24.6 Å². The van der Waals surface area contributed by atoms with Crippen LogP contribution in [0.3, 0.4) is 0 Å². The minimum absolute atomic E-state index is 0.00334. The molecule has 0 atom stereocenters. The van der Waals surface area contributed by atoms with Crippen LogP contribution in [0.15, 0.2) is 36.9 Å². The number of carbonyl (C=O) groups is 1. The number of hydrogen-bond acceptors (Lipinski definition) is 2. The zero-order valence-corrected chi connectivity index (χ0v) is 10.7. The lowest BCUT2D eigenvalue weighted by Crippen LogP contribution is -2.37. The van der Waals surface area contributed by atoms with Gasteiger partial charge in [0, 0.05) is 19.6 Å². The van der Waals surface area contributed by atoms with Crippen molar-refractivity contribution in [3.63, 3.8) is 0 Å². The van der Waals surface area contributed by atoms with Crippen molar-refractivity contribution >= 4 is 5.91 Å². The standard InChI is InChI=1S/C14H19FN2O/c1-3-8-16-10-14(18)17(4-2)11-12-6-5-7-13(15)9-12/h3,5-7,9,16H,1,4,8,10-11H2,2H3. The lowest BCUT2D eigenvalue weighted by atomic mass is 10.2. The summed E-state index contributed by atoms with van der Waals surface area (Å²) in [6.45, 7) is 7.39. The Kier molecular flexibility index (Phi) is 6.08. The molecule has 4 heteroatoms. The largest absolute Gasteiger partial charge is 0.338 e. The van der Waals surface area contributed by atoms with Gasteiger partial charge in [0.2, 0.25) is 5.91 Å². The molecule has 18 heavy (non-hydrogen) atoms. The van der Waals surface area contributed by atoms with E-state index in [0.717, 1.165) is 5.56 Å². The SMILES string of the molecule is C=CCNCC(=O)N(CC)Cc1cccc(F)c1. The Hall–Kier alpha value is -1.68. The van der Waals surface area contributed by atoms with Gasteiger partial charge in [-0.1, -0.05) is 18.2 Å². The molecular formula is C14H19FN2O. The van der Waals surface area contributed by atoms with Crippen molar-refractivity contribution in [2.75, 3.05) is 19.6 Å². The van der Waals surface area contributed by atoms with Crippen molar-refractivity contribution in [3.8, 4) is 0 Å². The Morgan fingerprint density at radius 3 is 2.94 bits per heavy atom. The van der Waals surface area contributed by atoms with Gasteiger partial charge >= 0.3 is 0 Å². The average Bonchev–Trinajstić information content (AvgIpc) is 2.36. The van der Waals surface area contributed by atoms with Crippen molar-refractivity contribution in [1.82, 2.24) is 10.2 Å². The van der Waals surface area contributed by atoms with Crippen molar-refractivity contribution < 1.29 is 9.18 Å². The molecule has 1 N–H and O–H groups in total. The third-order valence-electron chi connectivity index (χ3n) is 2.56. The van der Waals surface area contributed by atoms with E-state index < -0.39 is 0 Å². The fourth-order valence-electron chi connectivity index (χ4n) is 1.63. The summed E-state index contributed by atoms with van der Waals surface area (Å²) in [5.74, 6) is -0.274. The number of hydrogen-bond donors (Lipinski definition) is 1. The lowest BCUT2D eigenvalue weighted by Gasteiger charge is -2.21. The van der Waals surface area contributed by atoms with Gasteiger partial charge in [0.1, 0.15) is 5.82 Å². The van der Waals surface area contributed by atoms with Crippen LogP contribution in [0.2, 0.25) is 0 Å². The number of amides is 1. The highest BCUT2D eigenvalue weighted by atomic mass is 19.1. The van der Waals surface area contributed by atoms with Crippen LogP contribution in [0.5, 0.6) is 0 Å². The summed E-state index contributed by atoms with van der Waals surface area (Å²) in [4.78, 5) is 13.6. The number of nitrogens with zero attached hydrogens (tertiary/aromatic N) is 1. The second-order valence-electron chi connectivity index (χ2n) is 3.96. The van der Waals surface area contributed by atoms with E-state index in [0.29, 0.717) is 19.6 Å². The predicted octanol–water partition coefficient (Wildman–Crippen LogP) is 1.95. The number of rotatable bonds is 7. The summed E-state index contributed by atoms with van der Waals surface area (Å²) < 4.78 is 13.0. The number of likely N-dealkylation sites (N-methyl/N-ethyl adjacent to an activating group) is 1. The van der Waals surface area contributed by atoms with Gasteiger partial charge in [-0.3, -0.25) is 4.79 Å². The first-order chi connectivity index (χ1) is 8.67. The molecule has 1 aromatic rings. The molecule has 1 rings (SSSR count). The van der Waals surface area contributed by atoms with Crippen LogP contribution < -0.4 is 5.32 Å². The number of benzene rings is 1. The first-order valence-corrected chi connectivity index (χ1v) is 6.01. The highest BCUT2D eigenvalue weighted by Gasteiger charge is 2.11. The van der Waals surface area contributed by atoms with Gasteiger partial charge < -0.3 is 10.2 Å². The van der Waals surface area contributed by atoms with Crippen LogP contribution in [-0.2, 0) is 11.3 Å². The first kappa shape index (κ1) is 14.4. The molecule has 0 aliphatic carbocycles. The Bertz CT molecular complexity index is 407.